The Labute approximate surface area is 165 Å². The fraction of sp³-hybridized carbons (Fsp3) is 0.650. The summed E-state index contributed by atoms with van der Waals surface area (Å²) < 4.78 is 40.9. The minimum absolute atomic E-state index is 0.0500. The standard InChI is InChI=1S/C20H31F3N4O/c1-16-4-3-10-27(13-16)11-9-25-19(24-2)26-12-17-5-7-18(8-6-17)14-28-15-20(21,22)23/h5-8,16H,3-4,9-15H2,1-2H3,(H2,24,25,26). The number of nitrogens with one attached hydrogen (secondary N) is 2. The largest absolute Gasteiger partial charge is 0.411 e. The molecule has 0 amide bonds. The van der Waals surface area contributed by atoms with Gasteiger partial charge in [0.2, 0.25) is 0 Å². The molecule has 2 rings (SSSR count). The zero-order valence-electron chi connectivity index (χ0n) is 16.7. The minimum atomic E-state index is -4.29. The second-order valence-electron chi connectivity index (χ2n) is 7.33. The molecule has 1 aromatic carbocycles. The summed E-state index contributed by atoms with van der Waals surface area (Å²) in [5, 5.41) is 6.58. The number of alkyl halides is 3. The van der Waals surface area contributed by atoms with Crippen molar-refractivity contribution in [2.75, 3.05) is 39.8 Å². The van der Waals surface area contributed by atoms with E-state index in [9.17, 15) is 13.2 Å². The van der Waals surface area contributed by atoms with Gasteiger partial charge in [0.25, 0.3) is 0 Å². The van der Waals surface area contributed by atoms with E-state index in [4.69, 9.17) is 0 Å². The van der Waals surface area contributed by atoms with E-state index in [1.165, 1.54) is 12.8 Å². The molecular weight excluding hydrogens is 369 g/mol. The second-order valence-corrected chi connectivity index (χ2v) is 7.33. The lowest BCUT2D eigenvalue weighted by molar-refractivity contribution is -0.176. The number of benzene rings is 1. The Hall–Kier alpha value is -1.80. The number of guanidine groups is 1. The summed E-state index contributed by atoms with van der Waals surface area (Å²) in [5.74, 6) is 1.51. The Morgan fingerprint density at radius 3 is 2.57 bits per heavy atom. The van der Waals surface area contributed by atoms with E-state index < -0.39 is 12.8 Å². The van der Waals surface area contributed by atoms with Crippen molar-refractivity contribution in [3.63, 3.8) is 0 Å². The fourth-order valence-electron chi connectivity index (χ4n) is 3.27. The van der Waals surface area contributed by atoms with Crippen molar-refractivity contribution < 1.29 is 17.9 Å². The molecule has 5 nitrogen and oxygen atoms in total. The molecule has 1 fully saturated rings. The van der Waals surface area contributed by atoms with Gasteiger partial charge in [-0.2, -0.15) is 13.2 Å². The van der Waals surface area contributed by atoms with Crippen molar-refractivity contribution in [2.24, 2.45) is 10.9 Å². The molecule has 28 heavy (non-hydrogen) atoms. The monoisotopic (exact) mass is 400 g/mol. The van der Waals surface area contributed by atoms with Gasteiger partial charge in [-0.25, -0.2) is 0 Å². The van der Waals surface area contributed by atoms with Crippen LogP contribution in [-0.4, -0.2) is 56.9 Å². The molecule has 1 heterocycles. The average Bonchev–Trinajstić information content (AvgIpc) is 2.64. The molecule has 0 spiro atoms. The molecule has 0 aliphatic carbocycles. The van der Waals surface area contributed by atoms with Crippen molar-refractivity contribution in [3.8, 4) is 0 Å². The molecule has 2 N–H and O–H groups in total. The maximum Gasteiger partial charge on any atom is 0.411 e. The van der Waals surface area contributed by atoms with E-state index in [0.29, 0.717) is 12.1 Å². The summed E-state index contributed by atoms with van der Waals surface area (Å²) in [5.41, 5.74) is 1.73. The summed E-state index contributed by atoms with van der Waals surface area (Å²) in [6.07, 6.45) is -1.70. The van der Waals surface area contributed by atoms with Gasteiger partial charge in [-0.1, -0.05) is 31.2 Å². The number of likely N-dealkylation sites (tertiary alicyclic amines) is 1. The van der Waals surface area contributed by atoms with E-state index >= 15 is 0 Å². The van der Waals surface area contributed by atoms with Crippen molar-refractivity contribution in [1.29, 1.82) is 0 Å². The van der Waals surface area contributed by atoms with Crippen LogP contribution < -0.4 is 10.6 Å². The number of halogens is 3. The number of aliphatic imine (C=N–C) groups is 1. The van der Waals surface area contributed by atoms with Crippen LogP contribution in [0.15, 0.2) is 29.3 Å². The molecule has 1 aliphatic rings. The first-order valence-corrected chi connectivity index (χ1v) is 9.75. The number of rotatable bonds is 8. The summed E-state index contributed by atoms with van der Waals surface area (Å²) in [4.78, 5) is 6.71. The summed E-state index contributed by atoms with van der Waals surface area (Å²) in [6, 6.07) is 7.31. The molecule has 1 aromatic rings. The van der Waals surface area contributed by atoms with Gasteiger partial charge >= 0.3 is 6.18 Å². The van der Waals surface area contributed by atoms with Gasteiger partial charge in [-0.3, -0.25) is 4.99 Å². The Bertz CT molecular complexity index is 604. The highest BCUT2D eigenvalue weighted by Crippen LogP contribution is 2.16. The lowest BCUT2D eigenvalue weighted by atomic mass is 10.0. The van der Waals surface area contributed by atoms with E-state index in [-0.39, 0.29) is 6.61 Å². The first-order valence-electron chi connectivity index (χ1n) is 9.75. The van der Waals surface area contributed by atoms with Gasteiger partial charge in [0.1, 0.15) is 6.61 Å². The van der Waals surface area contributed by atoms with E-state index in [2.05, 4.69) is 32.2 Å². The molecule has 0 aromatic heterocycles. The zero-order chi connectivity index (χ0) is 20.4. The number of nitrogens with zero attached hydrogens (tertiary/aromatic N) is 2. The van der Waals surface area contributed by atoms with Crippen molar-refractivity contribution in [1.82, 2.24) is 15.5 Å². The van der Waals surface area contributed by atoms with Gasteiger partial charge in [-0.15, -0.1) is 0 Å². The van der Waals surface area contributed by atoms with E-state index in [0.717, 1.165) is 43.6 Å². The minimum Gasteiger partial charge on any atom is -0.367 e. The molecule has 158 valence electrons. The van der Waals surface area contributed by atoms with Gasteiger partial charge in [0, 0.05) is 33.2 Å². The lowest BCUT2D eigenvalue weighted by Crippen LogP contribution is -2.43. The number of hydrogen-bond donors (Lipinski definition) is 2. The Morgan fingerprint density at radius 2 is 1.93 bits per heavy atom. The Kier molecular flexibility index (Phi) is 9.05. The van der Waals surface area contributed by atoms with Gasteiger partial charge < -0.3 is 20.3 Å². The van der Waals surface area contributed by atoms with Gasteiger partial charge in [0.15, 0.2) is 5.96 Å². The highest BCUT2D eigenvalue weighted by Gasteiger charge is 2.27. The molecule has 8 heteroatoms. The van der Waals surface area contributed by atoms with Crippen LogP contribution in [0.3, 0.4) is 0 Å². The van der Waals surface area contributed by atoms with Crippen LogP contribution in [0.25, 0.3) is 0 Å². The average molecular weight is 400 g/mol. The predicted octanol–water partition coefficient (Wildman–Crippen LogP) is 3.16. The Morgan fingerprint density at radius 1 is 1.21 bits per heavy atom. The maximum absolute atomic E-state index is 12.1. The molecule has 0 saturated carbocycles. The molecule has 1 aliphatic heterocycles. The highest BCUT2D eigenvalue weighted by molar-refractivity contribution is 5.79. The topological polar surface area (TPSA) is 48.9 Å². The van der Waals surface area contributed by atoms with Gasteiger partial charge in [0.05, 0.1) is 6.61 Å². The molecule has 0 radical (unpaired) electrons. The molecule has 1 atom stereocenters. The van der Waals surface area contributed by atoms with Crippen LogP contribution in [0.4, 0.5) is 13.2 Å². The SMILES string of the molecule is CN=C(NCCN1CCCC(C)C1)NCc1ccc(COCC(F)(F)F)cc1. The second kappa shape index (κ2) is 11.3. The van der Waals surface area contributed by atoms with Crippen molar-refractivity contribution in [3.05, 3.63) is 35.4 Å². The number of hydrogen-bond acceptors (Lipinski definition) is 3. The van der Waals surface area contributed by atoms with Crippen LogP contribution in [0.5, 0.6) is 0 Å². The molecule has 1 saturated heterocycles. The lowest BCUT2D eigenvalue weighted by Gasteiger charge is -2.30. The normalized spacial score (nSPS) is 18.9. The van der Waals surface area contributed by atoms with E-state index in [1.54, 1.807) is 19.2 Å². The van der Waals surface area contributed by atoms with Crippen molar-refractivity contribution in [2.45, 2.75) is 39.1 Å². The maximum atomic E-state index is 12.1. The quantitative estimate of drug-likeness (QED) is 0.520. The highest BCUT2D eigenvalue weighted by atomic mass is 19.4. The zero-order valence-corrected chi connectivity index (χ0v) is 16.7. The predicted molar refractivity (Wildman–Crippen MR) is 105 cm³/mol. The van der Waals surface area contributed by atoms with Gasteiger partial charge in [-0.05, 0) is 36.4 Å². The fourth-order valence-corrected chi connectivity index (χ4v) is 3.27. The van der Waals surface area contributed by atoms with E-state index in [1.807, 2.05) is 12.1 Å². The first kappa shape index (κ1) is 22.5. The third kappa shape index (κ3) is 8.93. The smallest absolute Gasteiger partial charge is 0.367 e. The molecule has 1 unspecified atom stereocenters. The molecule has 0 bridgehead atoms. The van der Waals surface area contributed by atoms with Crippen LogP contribution in [0.2, 0.25) is 0 Å². The first-order chi connectivity index (χ1) is 13.4. The summed E-state index contributed by atoms with van der Waals surface area (Å²) >= 11 is 0. The third-order valence-electron chi connectivity index (χ3n) is 4.70. The number of piperidine rings is 1. The van der Waals surface area contributed by atoms with Crippen LogP contribution >= 0.6 is 0 Å². The van der Waals surface area contributed by atoms with Crippen LogP contribution in [0.1, 0.15) is 30.9 Å². The number of ether oxygens (including phenoxy) is 1. The Balaban J connectivity index is 1.66. The van der Waals surface area contributed by atoms with Crippen LogP contribution in [0, 0.1) is 5.92 Å². The molecular formula is C20H31F3N4O. The van der Waals surface area contributed by atoms with Crippen molar-refractivity contribution >= 4 is 5.96 Å². The summed E-state index contributed by atoms with van der Waals surface area (Å²) in [7, 11) is 1.74. The third-order valence-corrected chi connectivity index (χ3v) is 4.70. The van der Waals surface area contributed by atoms with Crippen LogP contribution in [-0.2, 0) is 17.9 Å². The summed E-state index contributed by atoms with van der Waals surface area (Å²) in [6.45, 7) is 5.77.